The summed E-state index contributed by atoms with van der Waals surface area (Å²) >= 11 is 6.35. The second-order valence-electron chi connectivity index (χ2n) is 5.61. The zero-order valence-corrected chi connectivity index (χ0v) is 13.8. The van der Waals surface area contributed by atoms with Crippen molar-refractivity contribution in [3.05, 3.63) is 48.3 Å². The maximum atomic E-state index is 13.0. The zero-order chi connectivity index (χ0) is 16.3. The molecule has 1 aliphatic heterocycles. The molecule has 1 aromatic heterocycles. The van der Waals surface area contributed by atoms with E-state index in [-0.39, 0.29) is 5.91 Å². The summed E-state index contributed by atoms with van der Waals surface area (Å²) in [6.07, 6.45) is 3.89. The molecule has 0 saturated carbocycles. The molecule has 1 fully saturated rings. The summed E-state index contributed by atoms with van der Waals surface area (Å²) in [5, 5.41) is 6.48. The van der Waals surface area contributed by atoms with Crippen LogP contribution in [0, 0.1) is 0 Å². The summed E-state index contributed by atoms with van der Waals surface area (Å²) in [5.74, 6) is -0.151. The minimum Gasteiger partial charge on any atom is -0.349 e. The smallest absolute Gasteiger partial charge is 0.247 e. The van der Waals surface area contributed by atoms with Crippen LogP contribution >= 0.6 is 11.6 Å². The molecule has 5 nitrogen and oxygen atoms in total. The van der Waals surface area contributed by atoms with E-state index in [0.717, 1.165) is 12.1 Å². The molecule has 2 aromatic rings. The van der Waals surface area contributed by atoms with Gasteiger partial charge in [-0.15, -0.1) is 11.6 Å². The second kappa shape index (κ2) is 6.72. The fourth-order valence-electron chi connectivity index (χ4n) is 2.87. The van der Waals surface area contributed by atoms with Gasteiger partial charge in [-0.25, -0.2) is 0 Å². The Hall–Kier alpha value is -1.85. The Kier molecular flexibility index (Phi) is 4.68. The van der Waals surface area contributed by atoms with Gasteiger partial charge in [-0.1, -0.05) is 31.5 Å². The molecule has 23 heavy (non-hydrogen) atoms. The number of aromatic amines is 1. The Labute approximate surface area is 140 Å². The first-order chi connectivity index (χ1) is 11.2. The molecule has 2 heterocycles. The summed E-state index contributed by atoms with van der Waals surface area (Å²) in [5.41, 5.74) is 0.586. The van der Waals surface area contributed by atoms with Crippen molar-refractivity contribution < 1.29 is 9.53 Å². The Morgan fingerprint density at radius 2 is 2.17 bits per heavy atom. The number of alkyl halides is 1. The molecule has 0 radical (unpaired) electrons. The van der Waals surface area contributed by atoms with Gasteiger partial charge in [-0.3, -0.25) is 14.8 Å². The topological polar surface area (TPSA) is 58.2 Å². The molecule has 1 aliphatic rings. The number of amides is 1. The third-order valence-electron chi connectivity index (χ3n) is 4.09. The van der Waals surface area contributed by atoms with Gasteiger partial charge in [0.25, 0.3) is 0 Å². The molecule has 1 saturated heterocycles. The molecule has 0 aliphatic carbocycles. The number of carbonyl (C=O) groups excluding carboxylic acids is 1. The molecule has 0 spiro atoms. The lowest BCUT2D eigenvalue weighted by Gasteiger charge is -2.48. The van der Waals surface area contributed by atoms with Crippen LogP contribution < -0.4 is 4.90 Å². The maximum absolute atomic E-state index is 13.0. The van der Waals surface area contributed by atoms with Gasteiger partial charge in [0.15, 0.2) is 5.72 Å². The van der Waals surface area contributed by atoms with Gasteiger partial charge in [0.1, 0.15) is 11.1 Å². The summed E-state index contributed by atoms with van der Waals surface area (Å²) in [7, 11) is 0. The summed E-state index contributed by atoms with van der Waals surface area (Å²) < 4.78 is 5.89. The summed E-state index contributed by atoms with van der Waals surface area (Å²) in [4.78, 5) is 14.7. The van der Waals surface area contributed by atoms with Crippen molar-refractivity contribution in [2.75, 3.05) is 11.5 Å². The quantitative estimate of drug-likeness (QED) is 0.824. The van der Waals surface area contributed by atoms with E-state index in [9.17, 15) is 4.79 Å². The van der Waals surface area contributed by atoms with Crippen LogP contribution in [0.2, 0.25) is 0 Å². The van der Waals surface area contributed by atoms with Crippen molar-refractivity contribution in [2.24, 2.45) is 0 Å². The number of hydrogen-bond donors (Lipinski definition) is 1. The molecule has 6 heteroatoms. The van der Waals surface area contributed by atoms with Crippen LogP contribution in [0.3, 0.4) is 0 Å². The fourth-order valence-corrected chi connectivity index (χ4v) is 3.19. The first-order valence-electron chi connectivity index (χ1n) is 7.86. The fraction of sp³-hybridized carbons (Fsp3) is 0.412. The molecule has 1 aromatic carbocycles. The number of anilines is 1. The predicted octanol–water partition coefficient (Wildman–Crippen LogP) is 3.42. The van der Waals surface area contributed by atoms with Crippen LogP contribution in [-0.4, -0.2) is 28.1 Å². The summed E-state index contributed by atoms with van der Waals surface area (Å²) in [6.45, 7) is 2.60. The number of carbonyl (C=O) groups is 1. The third kappa shape index (κ3) is 2.86. The van der Waals surface area contributed by atoms with Gasteiger partial charge in [0.2, 0.25) is 5.91 Å². The van der Waals surface area contributed by atoms with Crippen molar-refractivity contribution in [3.8, 4) is 0 Å². The molecular formula is C17H20ClN3O2. The number of halogens is 1. The standard InChI is InChI=1S/C17H20ClN3O2/c1-2-6-14(18)16(22)21(13-7-4-3-5-8-13)17(10-12-23-17)15-9-11-19-20-15/h3-5,7-9,11,14H,2,6,10,12H2,1H3,(H,19,20). The van der Waals surface area contributed by atoms with Gasteiger partial charge in [-0.05, 0) is 24.6 Å². The zero-order valence-electron chi connectivity index (χ0n) is 13.0. The molecule has 122 valence electrons. The van der Waals surface area contributed by atoms with Crippen molar-refractivity contribution in [1.29, 1.82) is 0 Å². The Morgan fingerprint density at radius 1 is 1.43 bits per heavy atom. The molecule has 2 unspecified atom stereocenters. The van der Waals surface area contributed by atoms with Crippen LogP contribution in [0.15, 0.2) is 42.6 Å². The number of ether oxygens (including phenoxy) is 1. The van der Waals surface area contributed by atoms with Crippen molar-refractivity contribution in [3.63, 3.8) is 0 Å². The average molecular weight is 334 g/mol. The number of nitrogens with one attached hydrogen (secondary N) is 1. The molecule has 2 atom stereocenters. The molecular weight excluding hydrogens is 314 g/mol. The maximum Gasteiger partial charge on any atom is 0.247 e. The van der Waals surface area contributed by atoms with E-state index in [1.165, 1.54) is 0 Å². The highest BCUT2D eigenvalue weighted by molar-refractivity contribution is 6.33. The predicted molar refractivity (Wildman–Crippen MR) is 89.3 cm³/mol. The number of hydrogen-bond acceptors (Lipinski definition) is 3. The van der Waals surface area contributed by atoms with Crippen molar-refractivity contribution in [1.82, 2.24) is 10.2 Å². The number of para-hydroxylation sites is 1. The SMILES string of the molecule is CCCC(Cl)C(=O)N(c1ccccc1)C1(c2cc[nH]n2)CCO1. The molecule has 3 rings (SSSR count). The van der Waals surface area contributed by atoms with Crippen LogP contribution in [0.4, 0.5) is 5.69 Å². The van der Waals surface area contributed by atoms with E-state index >= 15 is 0 Å². The monoisotopic (exact) mass is 333 g/mol. The Morgan fingerprint density at radius 3 is 2.70 bits per heavy atom. The average Bonchev–Trinajstić information content (AvgIpc) is 3.05. The molecule has 0 bridgehead atoms. The number of rotatable bonds is 6. The van der Waals surface area contributed by atoms with Gasteiger partial charge in [0, 0.05) is 18.3 Å². The van der Waals surface area contributed by atoms with Gasteiger partial charge >= 0.3 is 0 Å². The van der Waals surface area contributed by atoms with E-state index in [2.05, 4.69) is 10.2 Å². The van der Waals surface area contributed by atoms with Gasteiger partial charge < -0.3 is 4.74 Å². The van der Waals surface area contributed by atoms with E-state index < -0.39 is 11.1 Å². The number of aromatic nitrogens is 2. The molecule has 1 amide bonds. The second-order valence-corrected chi connectivity index (χ2v) is 6.13. The van der Waals surface area contributed by atoms with Gasteiger partial charge in [-0.2, -0.15) is 5.10 Å². The number of H-pyrrole nitrogens is 1. The highest BCUT2D eigenvalue weighted by atomic mass is 35.5. The minimum atomic E-state index is -0.876. The van der Waals surface area contributed by atoms with Crippen LogP contribution in [0.5, 0.6) is 0 Å². The first kappa shape index (κ1) is 16.0. The van der Waals surface area contributed by atoms with E-state index in [4.69, 9.17) is 16.3 Å². The van der Waals surface area contributed by atoms with Crippen molar-refractivity contribution in [2.45, 2.75) is 37.3 Å². The normalized spacial score (nSPS) is 21.5. The third-order valence-corrected chi connectivity index (χ3v) is 4.49. The van der Waals surface area contributed by atoms with Crippen LogP contribution in [0.1, 0.15) is 31.9 Å². The van der Waals surface area contributed by atoms with E-state index in [1.54, 1.807) is 11.1 Å². The highest BCUT2D eigenvalue weighted by Crippen LogP contribution is 2.43. The van der Waals surface area contributed by atoms with Gasteiger partial charge in [0.05, 0.1) is 6.61 Å². The van der Waals surface area contributed by atoms with E-state index in [1.807, 2.05) is 43.3 Å². The summed E-state index contributed by atoms with van der Waals surface area (Å²) in [6, 6.07) is 11.3. The van der Waals surface area contributed by atoms with Crippen LogP contribution in [-0.2, 0) is 15.3 Å². The lowest BCUT2D eigenvalue weighted by molar-refractivity contribution is -0.166. The number of benzene rings is 1. The van der Waals surface area contributed by atoms with Crippen molar-refractivity contribution >= 4 is 23.2 Å². The first-order valence-corrected chi connectivity index (χ1v) is 8.30. The molecule has 1 N–H and O–H groups in total. The largest absolute Gasteiger partial charge is 0.349 e. The minimum absolute atomic E-state index is 0.151. The Balaban J connectivity index is 2.03. The highest BCUT2D eigenvalue weighted by Gasteiger charge is 2.51. The lowest BCUT2D eigenvalue weighted by atomic mass is 9.96. The van der Waals surface area contributed by atoms with Crippen LogP contribution in [0.25, 0.3) is 0 Å². The van der Waals surface area contributed by atoms with E-state index in [0.29, 0.717) is 25.1 Å². The number of nitrogens with zero attached hydrogens (tertiary/aromatic N) is 2. The lowest BCUT2D eigenvalue weighted by Crippen LogP contribution is -2.59. The Bertz CT molecular complexity index is 641.